The summed E-state index contributed by atoms with van der Waals surface area (Å²) in [6.07, 6.45) is 1.03. The van der Waals surface area contributed by atoms with Crippen molar-refractivity contribution in [2.45, 2.75) is 45.3 Å². The van der Waals surface area contributed by atoms with Crippen molar-refractivity contribution in [3.05, 3.63) is 69.2 Å². The van der Waals surface area contributed by atoms with Crippen LogP contribution in [0.3, 0.4) is 0 Å². The van der Waals surface area contributed by atoms with E-state index in [1.807, 2.05) is 11.9 Å². The van der Waals surface area contributed by atoms with Crippen LogP contribution in [0.2, 0.25) is 0 Å². The fraction of sp³-hybridized carbons (Fsp3) is 0.387. The van der Waals surface area contributed by atoms with Gasteiger partial charge in [0.1, 0.15) is 42.0 Å². The molecule has 0 aliphatic carbocycles. The molecule has 224 valence electrons. The predicted molar refractivity (Wildman–Crippen MR) is 152 cm³/mol. The molecule has 0 saturated carbocycles. The van der Waals surface area contributed by atoms with Gasteiger partial charge in [0.2, 0.25) is 5.76 Å². The summed E-state index contributed by atoms with van der Waals surface area (Å²) < 4.78 is 31.5. The second-order valence-corrected chi connectivity index (χ2v) is 11.3. The molecule has 2 N–H and O–H groups in total. The summed E-state index contributed by atoms with van der Waals surface area (Å²) in [6.45, 7) is 6.87. The SMILES string of the molecule is CC[C@@]1(O)C(=C=O)OCC2=C1C=C1C3=C(CN1C2=C=O)N(C)c1c(OCCNC(=O)OC(C)(C)C)cc(F)cc1C3=C=O. The normalized spacial score (nSPS) is 20.6. The van der Waals surface area contributed by atoms with Crippen LogP contribution in [-0.4, -0.2) is 78.5 Å². The van der Waals surface area contributed by atoms with Gasteiger partial charge in [0.05, 0.1) is 30.0 Å². The van der Waals surface area contributed by atoms with Gasteiger partial charge in [0.25, 0.3) is 0 Å². The molecule has 1 aromatic rings. The van der Waals surface area contributed by atoms with Gasteiger partial charge in [0, 0.05) is 41.1 Å². The van der Waals surface area contributed by atoms with E-state index in [0.717, 1.165) is 0 Å². The van der Waals surface area contributed by atoms with Gasteiger partial charge in [-0.05, 0) is 39.3 Å². The first-order valence-electron chi connectivity index (χ1n) is 13.6. The molecule has 0 unspecified atom stereocenters. The average Bonchev–Trinajstić information content (AvgIpc) is 3.33. The van der Waals surface area contributed by atoms with E-state index in [1.54, 1.807) is 56.6 Å². The van der Waals surface area contributed by atoms with E-state index >= 15 is 0 Å². The summed E-state index contributed by atoms with van der Waals surface area (Å²) in [6, 6.07) is 2.38. The number of carbonyl (C=O) groups excluding carboxylic acids is 4. The maximum Gasteiger partial charge on any atom is 0.407 e. The van der Waals surface area contributed by atoms with Crippen molar-refractivity contribution in [3.8, 4) is 5.75 Å². The number of ether oxygens (including phenoxy) is 3. The van der Waals surface area contributed by atoms with E-state index in [4.69, 9.17) is 14.2 Å². The standard InChI is InChI=1S/C31H30FN3O8/c1-6-31(40)21-11-22-27-19(13-36)18-9-17(32)10-25(41-8-7-33-29(39)43-30(2,3)4)28(18)34(5)23(27)12-35(22)24(14-37)20(21)16-42-26(31)15-38/h9-11,40H,6-8,12,16H2,1-5H3,(H,33,39)/t31-/m0/s1. The molecule has 4 aliphatic rings. The fourth-order valence-corrected chi connectivity index (χ4v) is 5.71. The van der Waals surface area contributed by atoms with Crippen LogP contribution in [0, 0.1) is 5.82 Å². The predicted octanol–water partition coefficient (Wildman–Crippen LogP) is 2.76. The molecule has 0 aromatic heterocycles. The number of benzene rings is 1. The zero-order valence-corrected chi connectivity index (χ0v) is 24.3. The van der Waals surface area contributed by atoms with E-state index in [0.29, 0.717) is 28.2 Å². The maximum absolute atomic E-state index is 14.9. The van der Waals surface area contributed by atoms with Gasteiger partial charge in [-0.1, -0.05) is 6.92 Å². The van der Waals surface area contributed by atoms with E-state index in [1.165, 1.54) is 12.1 Å². The number of hydrogen-bond acceptors (Lipinski definition) is 10. The lowest BCUT2D eigenvalue weighted by molar-refractivity contribution is 0.0311. The van der Waals surface area contributed by atoms with Crippen molar-refractivity contribution in [3.63, 3.8) is 0 Å². The number of halogens is 1. The summed E-state index contributed by atoms with van der Waals surface area (Å²) in [5.41, 5.74) is 0.142. The first-order valence-corrected chi connectivity index (χ1v) is 13.6. The summed E-state index contributed by atoms with van der Waals surface area (Å²) >= 11 is 0. The molecule has 0 radical (unpaired) electrons. The molecule has 1 atom stereocenters. The molecule has 11 nitrogen and oxygen atoms in total. The lowest BCUT2D eigenvalue weighted by atomic mass is 9.79. The van der Waals surface area contributed by atoms with Crippen LogP contribution in [0.25, 0.3) is 5.57 Å². The van der Waals surface area contributed by atoms with Gasteiger partial charge >= 0.3 is 6.09 Å². The lowest BCUT2D eigenvalue weighted by Crippen LogP contribution is -2.42. The molecule has 1 aromatic carbocycles. The Bertz CT molecular complexity index is 1680. The molecular formula is C31H30FN3O8. The fourth-order valence-electron chi connectivity index (χ4n) is 5.71. The summed E-state index contributed by atoms with van der Waals surface area (Å²) in [5, 5.41) is 14.0. The molecule has 0 saturated heterocycles. The minimum absolute atomic E-state index is 0.0247. The molecule has 5 rings (SSSR count). The van der Waals surface area contributed by atoms with E-state index in [2.05, 4.69) is 5.32 Å². The van der Waals surface area contributed by atoms with Crippen LogP contribution in [0.5, 0.6) is 5.75 Å². The quantitative estimate of drug-likeness (QED) is 0.389. The van der Waals surface area contributed by atoms with Gasteiger partial charge in [-0.25, -0.2) is 23.6 Å². The minimum atomic E-state index is -1.86. The minimum Gasteiger partial charge on any atom is -0.489 e. The Balaban J connectivity index is 1.53. The van der Waals surface area contributed by atoms with Gasteiger partial charge < -0.3 is 34.4 Å². The van der Waals surface area contributed by atoms with E-state index in [9.17, 15) is 28.7 Å². The molecule has 0 spiro atoms. The van der Waals surface area contributed by atoms with Gasteiger partial charge in [-0.2, -0.15) is 0 Å². The highest BCUT2D eigenvalue weighted by atomic mass is 19.1. The molecule has 0 bridgehead atoms. The lowest BCUT2D eigenvalue weighted by Gasteiger charge is -2.39. The molecule has 4 aliphatic heterocycles. The highest BCUT2D eigenvalue weighted by Crippen LogP contribution is 2.53. The van der Waals surface area contributed by atoms with Crippen LogP contribution in [0.1, 0.15) is 39.7 Å². The first kappa shape index (κ1) is 29.6. The zero-order chi connectivity index (χ0) is 31.3. The monoisotopic (exact) mass is 591 g/mol. The highest BCUT2D eigenvalue weighted by molar-refractivity contribution is 6.07. The van der Waals surface area contributed by atoms with Crippen LogP contribution >= 0.6 is 0 Å². The number of fused-ring (bicyclic) bond motifs is 3. The van der Waals surface area contributed by atoms with E-state index in [-0.39, 0.29) is 66.6 Å². The Morgan fingerprint density at radius 3 is 2.58 bits per heavy atom. The number of nitrogens with zero attached hydrogens (tertiary/aromatic N) is 2. The van der Waals surface area contributed by atoms with Gasteiger partial charge in [-0.15, -0.1) is 0 Å². The first-order chi connectivity index (χ1) is 20.4. The summed E-state index contributed by atoms with van der Waals surface area (Å²) in [7, 11) is 1.72. The van der Waals surface area contributed by atoms with Crippen molar-refractivity contribution in [1.82, 2.24) is 10.2 Å². The van der Waals surface area contributed by atoms with Crippen molar-refractivity contribution in [2.24, 2.45) is 0 Å². The van der Waals surface area contributed by atoms with Crippen molar-refractivity contribution in [1.29, 1.82) is 0 Å². The molecule has 12 heteroatoms. The Hall–Kier alpha value is -4.85. The third-order valence-electron chi connectivity index (χ3n) is 7.62. The number of rotatable bonds is 5. The number of anilines is 1. The van der Waals surface area contributed by atoms with Crippen molar-refractivity contribution >= 4 is 35.2 Å². The maximum atomic E-state index is 14.9. The average molecular weight is 592 g/mol. The second-order valence-electron chi connectivity index (χ2n) is 11.3. The van der Waals surface area contributed by atoms with Crippen LogP contribution in [0.4, 0.5) is 14.9 Å². The number of nitrogens with one attached hydrogen (secondary N) is 1. The molecule has 43 heavy (non-hydrogen) atoms. The van der Waals surface area contributed by atoms with Gasteiger partial charge in [0.15, 0.2) is 17.5 Å². The number of hydrogen-bond donors (Lipinski definition) is 2. The van der Waals surface area contributed by atoms with Crippen molar-refractivity contribution in [2.75, 3.05) is 38.3 Å². The molecular weight excluding hydrogens is 561 g/mol. The van der Waals surface area contributed by atoms with Crippen LogP contribution < -0.4 is 15.0 Å². The molecule has 1 amide bonds. The Labute approximate surface area is 246 Å². The topological polar surface area (TPSA) is 135 Å². The molecule has 0 fully saturated rings. The second kappa shape index (κ2) is 10.8. The molecule has 4 heterocycles. The van der Waals surface area contributed by atoms with Crippen molar-refractivity contribution < 1.29 is 42.9 Å². The number of carbonyl (C=O) groups is 1. The van der Waals surface area contributed by atoms with Crippen LogP contribution in [-0.2, 0) is 23.9 Å². The third kappa shape index (κ3) is 4.86. The Morgan fingerprint density at radius 2 is 1.95 bits per heavy atom. The zero-order valence-electron chi connectivity index (χ0n) is 24.3. The number of aliphatic hydroxyl groups is 1. The Kier molecular flexibility index (Phi) is 7.42. The Morgan fingerprint density at radius 1 is 1.21 bits per heavy atom. The van der Waals surface area contributed by atoms with Gasteiger partial charge in [-0.3, -0.25) is 0 Å². The largest absolute Gasteiger partial charge is 0.489 e. The number of likely N-dealkylation sites (N-methyl/N-ethyl adjacent to an activating group) is 1. The van der Waals surface area contributed by atoms with Crippen LogP contribution in [0.15, 0.2) is 57.8 Å². The van der Waals surface area contributed by atoms with E-state index < -0.39 is 23.1 Å². The summed E-state index contributed by atoms with van der Waals surface area (Å²) in [5.74, 6) is 4.68. The third-order valence-corrected chi connectivity index (χ3v) is 7.62. The summed E-state index contributed by atoms with van der Waals surface area (Å²) in [4.78, 5) is 51.8. The number of alkyl carbamates (subject to hydrolysis) is 1. The number of amides is 1. The number of allylic oxidation sites excluding steroid dienone is 1. The highest BCUT2D eigenvalue weighted by Gasteiger charge is 2.49. The smallest absolute Gasteiger partial charge is 0.407 e.